The minimum absolute atomic E-state index is 0.351. The first-order valence-electron chi connectivity index (χ1n) is 7.50. The second-order valence-electron chi connectivity index (χ2n) is 6.77. The molecule has 0 aromatic carbocycles. The molecule has 2 unspecified atom stereocenters. The van der Waals surface area contributed by atoms with Gasteiger partial charge in [-0.2, -0.15) is 5.26 Å². The zero-order valence-electron chi connectivity index (χ0n) is 11.9. The lowest BCUT2D eigenvalue weighted by atomic mass is 10.0. The summed E-state index contributed by atoms with van der Waals surface area (Å²) in [5.74, 6) is 2.16. The summed E-state index contributed by atoms with van der Waals surface area (Å²) in [6.07, 6.45) is 3.86. The highest BCUT2D eigenvalue weighted by Crippen LogP contribution is 2.58. The summed E-state index contributed by atoms with van der Waals surface area (Å²) in [4.78, 5) is 16.7. The molecular formula is C15H23N3O. The predicted octanol–water partition coefficient (Wildman–Crippen LogP) is 1.48. The molecule has 19 heavy (non-hydrogen) atoms. The molecule has 1 amide bonds. The number of nitriles is 1. The number of nitrogens with zero attached hydrogens (tertiary/aromatic N) is 3. The third-order valence-electron chi connectivity index (χ3n) is 5.35. The number of amides is 1. The third kappa shape index (κ3) is 2.14. The molecule has 1 saturated heterocycles. The smallest absolute Gasteiger partial charge is 0.226 e. The highest BCUT2D eigenvalue weighted by atomic mass is 16.2. The predicted molar refractivity (Wildman–Crippen MR) is 72.2 cm³/mol. The van der Waals surface area contributed by atoms with Crippen molar-refractivity contribution >= 4 is 5.91 Å². The van der Waals surface area contributed by atoms with Gasteiger partial charge in [0.15, 0.2) is 0 Å². The van der Waals surface area contributed by atoms with Crippen LogP contribution in [0.2, 0.25) is 0 Å². The second-order valence-corrected chi connectivity index (χ2v) is 6.77. The Hall–Kier alpha value is -1.08. The number of piperazine rings is 1. The van der Waals surface area contributed by atoms with E-state index >= 15 is 0 Å². The second kappa shape index (κ2) is 4.49. The quantitative estimate of drug-likeness (QED) is 0.756. The SMILES string of the molecule is CC(C)(C#N)N1CCN(C(=O)C2C3CCCC32)CC1. The van der Waals surface area contributed by atoms with E-state index in [0.717, 1.165) is 26.2 Å². The van der Waals surface area contributed by atoms with Crippen LogP contribution in [-0.2, 0) is 4.79 Å². The lowest BCUT2D eigenvalue weighted by Gasteiger charge is -2.40. The van der Waals surface area contributed by atoms with Gasteiger partial charge in [0.05, 0.1) is 6.07 Å². The molecule has 0 bridgehead atoms. The van der Waals surface area contributed by atoms with Crippen molar-refractivity contribution in [3.63, 3.8) is 0 Å². The highest BCUT2D eigenvalue weighted by molar-refractivity contribution is 5.82. The van der Waals surface area contributed by atoms with Crippen molar-refractivity contribution in [2.75, 3.05) is 26.2 Å². The van der Waals surface area contributed by atoms with Crippen LogP contribution >= 0.6 is 0 Å². The molecule has 2 atom stereocenters. The lowest BCUT2D eigenvalue weighted by Crippen LogP contribution is -2.55. The van der Waals surface area contributed by atoms with Gasteiger partial charge in [0.1, 0.15) is 5.54 Å². The number of rotatable bonds is 2. The van der Waals surface area contributed by atoms with E-state index in [1.165, 1.54) is 19.3 Å². The average molecular weight is 261 g/mol. The number of carbonyl (C=O) groups is 1. The van der Waals surface area contributed by atoms with E-state index in [1.54, 1.807) is 0 Å². The van der Waals surface area contributed by atoms with Gasteiger partial charge in [-0.05, 0) is 38.5 Å². The standard InChI is InChI=1S/C15H23N3O/c1-15(2,10-16)18-8-6-17(7-9-18)14(19)13-11-4-3-5-12(11)13/h11-13H,3-9H2,1-2H3. The molecule has 2 aliphatic carbocycles. The summed E-state index contributed by atoms with van der Waals surface area (Å²) in [7, 11) is 0. The fraction of sp³-hybridized carbons (Fsp3) is 0.867. The van der Waals surface area contributed by atoms with Crippen LogP contribution in [0.1, 0.15) is 33.1 Å². The molecule has 3 fully saturated rings. The molecule has 0 aromatic rings. The van der Waals surface area contributed by atoms with E-state index < -0.39 is 5.54 Å². The molecule has 0 spiro atoms. The van der Waals surface area contributed by atoms with Crippen LogP contribution in [-0.4, -0.2) is 47.4 Å². The van der Waals surface area contributed by atoms with Crippen LogP contribution in [0.15, 0.2) is 0 Å². The summed E-state index contributed by atoms with van der Waals surface area (Å²) in [6.45, 7) is 7.15. The summed E-state index contributed by atoms with van der Waals surface area (Å²) in [6, 6.07) is 2.35. The fourth-order valence-corrected chi connectivity index (χ4v) is 3.96. The number of fused-ring (bicyclic) bond motifs is 1. The molecule has 1 aliphatic heterocycles. The number of hydrogen-bond donors (Lipinski definition) is 0. The molecule has 3 aliphatic rings. The molecule has 0 radical (unpaired) electrons. The van der Waals surface area contributed by atoms with Gasteiger partial charge in [-0.25, -0.2) is 0 Å². The van der Waals surface area contributed by atoms with Gasteiger partial charge < -0.3 is 4.90 Å². The molecular weight excluding hydrogens is 238 g/mol. The van der Waals surface area contributed by atoms with E-state index in [2.05, 4.69) is 11.0 Å². The number of hydrogen-bond acceptors (Lipinski definition) is 3. The molecule has 3 rings (SSSR count). The normalized spacial score (nSPS) is 34.8. The Kier molecular flexibility index (Phi) is 3.05. The van der Waals surface area contributed by atoms with Gasteiger partial charge in [0, 0.05) is 32.1 Å². The molecule has 2 saturated carbocycles. The first-order chi connectivity index (χ1) is 9.04. The van der Waals surface area contributed by atoms with Crippen molar-refractivity contribution < 1.29 is 4.79 Å². The molecule has 0 N–H and O–H groups in total. The first kappa shape index (κ1) is 12.9. The van der Waals surface area contributed by atoms with Gasteiger partial charge in [-0.3, -0.25) is 9.69 Å². The van der Waals surface area contributed by atoms with E-state index in [-0.39, 0.29) is 0 Å². The van der Waals surface area contributed by atoms with Crippen molar-refractivity contribution in [1.29, 1.82) is 5.26 Å². The maximum Gasteiger partial charge on any atom is 0.226 e. The van der Waals surface area contributed by atoms with E-state index in [4.69, 9.17) is 5.26 Å². The monoisotopic (exact) mass is 261 g/mol. The van der Waals surface area contributed by atoms with Crippen molar-refractivity contribution in [2.24, 2.45) is 17.8 Å². The minimum atomic E-state index is -0.411. The Balaban J connectivity index is 1.54. The lowest BCUT2D eigenvalue weighted by molar-refractivity contribution is -0.135. The maximum atomic E-state index is 12.4. The van der Waals surface area contributed by atoms with Gasteiger partial charge in [-0.1, -0.05) is 6.42 Å². The Morgan fingerprint density at radius 1 is 1.16 bits per heavy atom. The molecule has 1 heterocycles. The van der Waals surface area contributed by atoms with Crippen molar-refractivity contribution in [3.8, 4) is 6.07 Å². The first-order valence-corrected chi connectivity index (χ1v) is 7.50. The van der Waals surface area contributed by atoms with Gasteiger partial charge in [0.25, 0.3) is 0 Å². The summed E-state index contributed by atoms with van der Waals surface area (Å²) >= 11 is 0. The summed E-state index contributed by atoms with van der Waals surface area (Å²) < 4.78 is 0. The Labute approximate surface area is 115 Å². The Bertz CT molecular complexity index is 408. The molecule has 4 nitrogen and oxygen atoms in total. The van der Waals surface area contributed by atoms with Crippen molar-refractivity contribution in [2.45, 2.75) is 38.6 Å². The molecule has 104 valence electrons. The summed E-state index contributed by atoms with van der Waals surface area (Å²) in [5, 5.41) is 9.16. The van der Waals surface area contributed by atoms with E-state index in [9.17, 15) is 4.79 Å². The van der Waals surface area contributed by atoms with Crippen LogP contribution < -0.4 is 0 Å². The third-order valence-corrected chi connectivity index (χ3v) is 5.35. The van der Waals surface area contributed by atoms with Crippen LogP contribution in [0.3, 0.4) is 0 Å². The Morgan fingerprint density at radius 3 is 2.26 bits per heavy atom. The van der Waals surface area contributed by atoms with Gasteiger partial charge in [0.2, 0.25) is 5.91 Å². The van der Waals surface area contributed by atoms with Crippen LogP contribution in [0.4, 0.5) is 0 Å². The average Bonchev–Trinajstić information content (AvgIpc) is 2.90. The van der Waals surface area contributed by atoms with E-state index in [0.29, 0.717) is 23.7 Å². The molecule has 4 heteroatoms. The zero-order chi connectivity index (χ0) is 13.6. The maximum absolute atomic E-state index is 12.4. The highest BCUT2D eigenvalue weighted by Gasteiger charge is 2.57. The van der Waals surface area contributed by atoms with Crippen LogP contribution in [0.25, 0.3) is 0 Å². The van der Waals surface area contributed by atoms with Crippen molar-refractivity contribution in [1.82, 2.24) is 9.80 Å². The Morgan fingerprint density at radius 2 is 1.74 bits per heavy atom. The largest absolute Gasteiger partial charge is 0.340 e. The van der Waals surface area contributed by atoms with E-state index in [1.807, 2.05) is 18.7 Å². The van der Waals surface area contributed by atoms with Gasteiger partial charge >= 0.3 is 0 Å². The fourth-order valence-electron chi connectivity index (χ4n) is 3.96. The van der Waals surface area contributed by atoms with Crippen LogP contribution in [0.5, 0.6) is 0 Å². The zero-order valence-corrected chi connectivity index (χ0v) is 11.9. The summed E-state index contributed by atoms with van der Waals surface area (Å²) in [5.41, 5.74) is -0.411. The van der Waals surface area contributed by atoms with Crippen LogP contribution in [0, 0.1) is 29.1 Å². The number of carbonyl (C=O) groups excluding carboxylic acids is 1. The minimum Gasteiger partial charge on any atom is -0.340 e. The van der Waals surface area contributed by atoms with Gasteiger partial charge in [-0.15, -0.1) is 0 Å². The topological polar surface area (TPSA) is 47.3 Å². The molecule has 0 aromatic heterocycles. The van der Waals surface area contributed by atoms with Crippen molar-refractivity contribution in [3.05, 3.63) is 0 Å².